The molecule has 0 bridgehead atoms. The van der Waals surface area contributed by atoms with Crippen LogP contribution in [-0.2, 0) is 16.4 Å². The quantitative estimate of drug-likeness (QED) is 0.529. The molecule has 0 saturated carbocycles. The summed E-state index contributed by atoms with van der Waals surface area (Å²) in [5, 5.41) is 6.35. The number of nitrogens with zero attached hydrogens (tertiary/aromatic N) is 2. The lowest BCUT2D eigenvalue weighted by molar-refractivity contribution is 0.555. The minimum atomic E-state index is -3.91. The molecule has 0 atom stereocenters. The van der Waals surface area contributed by atoms with Gasteiger partial charge in [0.05, 0.1) is 0 Å². The normalized spacial score (nSPS) is 11.7. The van der Waals surface area contributed by atoms with Crippen LogP contribution in [0, 0.1) is 5.82 Å². The van der Waals surface area contributed by atoms with Gasteiger partial charge in [-0.05, 0) is 24.6 Å². The van der Waals surface area contributed by atoms with Crippen LogP contribution in [-0.4, -0.2) is 30.1 Å². The zero-order valence-electron chi connectivity index (χ0n) is 10.5. The average Bonchev–Trinajstić information content (AvgIpc) is 2.90. The van der Waals surface area contributed by atoms with Gasteiger partial charge in [-0.25, -0.2) is 22.5 Å². The molecular weight excluding hydrogens is 285 g/mol. The van der Waals surface area contributed by atoms with Gasteiger partial charge < -0.3 is 5.73 Å². The number of aromatic nitrogens is 3. The third-order valence-electron chi connectivity index (χ3n) is 2.59. The molecule has 2 rings (SSSR count). The molecule has 0 saturated heterocycles. The highest BCUT2D eigenvalue weighted by atomic mass is 32.2. The molecule has 108 valence electrons. The largest absolute Gasteiger partial charge is 0.399 e. The Bertz CT molecular complexity index is 672. The molecule has 0 aliphatic rings. The zero-order chi connectivity index (χ0) is 14.6. The first kappa shape index (κ1) is 14.4. The van der Waals surface area contributed by atoms with Crippen molar-refractivity contribution in [1.82, 2.24) is 19.9 Å². The van der Waals surface area contributed by atoms with E-state index in [4.69, 9.17) is 5.73 Å². The first-order valence-electron chi connectivity index (χ1n) is 5.88. The maximum atomic E-state index is 13.5. The Labute approximate surface area is 115 Å². The van der Waals surface area contributed by atoms with E-state index in [1.165, 1.54) is 12.4 Å². The number of benzene rings is 1. The Kier molecular flexibility index (Phi) is 4.30. The van der Waals surface area contributed by atoms with Gasteiger partial charge in [0.15, 0.2) is 0 Å². The Balaban J connectivity index is 1.95. The van der Waals surface area contributed by atoms with E-state index < -0.39 is 20.7 Å². The molecule has 0 radical (unpaired) electrons. The summed E-state index contributed by atoms with van der Waals surface area (Å²) in [6, 6.07) is 3.42. The van der Waals surface area contributed by atoms with E-state index in [1.807, 2.05) is 0 Å². The van der Waals surface area contributed by atoms with Crippen molar-refractivity contribution in [2.75, 3.05) is 12.3 Å². The predicted molar refractivity (Wildman–Crippen MR) is 70.7 cm³/mol. The second-order valence-electron chi connectivity index (χ2n) is 4.12. The van der Waals surface area contributed by atoms with Gasteiger partial charge in [0.25, 0.3) is 0 Å². The van der Waals surface area contributed by atoms with E-state index in [2.05, 4.69) is 19.9 Å². The highest BCUT2D eigenvalue weighted by Gasteiger charge is 2.18. The second-order valence-corrected chi connectivity index (χ2v) is 5.86. The van der Waals surface area contributed by atoms with Crippen LogP contribution in [0.5, 0.6) is 0 Å². The summed E-state index contributed by atoms with van der Waals surface area (Å²) >= 11 is 0. The average molecular weight is 299 g/mol. The molecule has 9 heteroatoms. The van der Waals surface area contributed by atoms with Gasteiger partial charge in [-0.1, -0.05) is 0 Å². The minimum Gasteiger partial charge on any atom is -0.399 e. The van der Waals surface area contributed by atoms with Crippen LogP contribution < -0.4 is 10.5 Å². The standard InChI is InChI=1S/C11H14FN5O2S/c12-9-4-3-8(13)6-10(9)20(18,19)16-5-1-2-11-14-7-15-17-11/h3-4,6-7,16H,1-2,5,13H2,(H,14,15,17). The second kappa shape index (κ2) is 5.97. The molecule has 0 spiro atoms. The molecular formula is C11H14FN5O2S. The van der Waals surface area contributed by atoms with Gasteiger partial charge in [-0.15, -0.1) is 0 Å². The van der Waals surface area contributed by atoms with E-state index in [-0.39, 0.29) is 12.2 Å². The first-order valence-corrected chi connectivity index (χ1v) is 7.36. The molecule has 1 aromatic carbocycles. The van der Waals surface area contributed by atoms with Crippen molar-refractivity contribution >= 4 is 15.7 Å². The van der Waals surface area contributed by atoms with E-state index in [9.17, 15) is 12.8 Å². The van der Waals surface area contributed by atoms with Crippen molar-refractivity contribution in [3.63, 3.8) is 0 Å². The van der Waals surface area contributed by atoms with Crippen molar-refractivity contribution in [2.45, 2.75) is 17.7 Å². The number of anilines is 1. The molecule has 0 aliphatic heterocycles. The summed E-state index contributed by atoms with van der Waals surface area (Å²) in [4.78, 5) is 3.47. The van der Waals surface area contributed by atoms with Crippen LogP contribution in [0.15, 0.2) is 29.4 Å². The highest BCUT2D eigenvalue weighted by molar-refractivity contribution is 7.89. The summed E-state index contributed by atoms with van der Waals surface area (Å²) < 4.78 is 39.7. The fourth-order valence-corrected chi connectivity index (χ4v) is 2.80. The lowest BCUT2D eigenvalue weighted by Crippen LogP contribution is -2.26. The molecule has 0 aliphatic carbocycles. The number of hydrogen-bond acceptors (Lipinski definition) is 5. The van der Waals surface area contributed by atoms with E-state index >= 15 is 0 Å². The fraction of sp³-hybridized carbons (Fsp3) is 0.273. The van der Waals surface area contributed by atoms with Crippen molar-refractivity contribution in [2.24, 2.45) is 0 Å². The minimum absolute atomic E-state index is 0.164. The molecule has 2 aromatic rings. The fourth-order valence-electron chi connectivity index (χ4n) is 1.62. The third-order valence-corrected chi connectivity index (χ3v) is 4.07. The molecule has 0 amide bonds. The molecule has 20 heavy (non-hydrogen) atoms. The van der Waals surface area contributed by atoms with Crippen molar-refractivity contribution < 1.29 is 12.8 Å². The lowest BCUT2D eigenvalue weighted by atomic mass is 10.3. The lowest BCUT2D eigenvalue weighted by Gasteiger charge is -2.08. The van der Waals surface area contributed by atoms with Crippen LogP contribution in [0.2, 0.25) is 0 Å². The monoisotopic (exact) mass is 299 g/mol. The summed E-state index contributed by atoms with van der Waals surface area (Å²) in [6.07, 6.45) is 2.43. The Morgan fingerprint density at radius 2 is 2.20 bits per heavy atom. The van der Waals surface area contributed by atoms with Crippen molar-refractivity contribution in [3.05, 3.63) is 36.2 Å². The van der Waals surface area contributed by atoms with E-state index in [0.717, 1.165) is 12.1 Å². The van der Waals surface area contributed by atoms with Gasteiger partial charge in [-0.3, -0.25) is 5.10 Å². The SMILES string of the molecule is Nc1ccc(F)c(S(=O)(=O)NCCCc2ncn[nH]2)c1. The highest BCUT2D eigenvalue weighted by Crippen LogP contribution is 2.17. The first-order chi connectivity index (χ1) is 9.49. The van der Waals surface area contributed by atoms with Crippen molar-refractivity contribution in [3.8, 4) is 0 Å². The number of nitrogens with one attached hydrogen (secondary N) is 2. The Hall–Kier alpha value is -2.00. The van der Waals surface area contributed by atoms with Crippen LogP contribution in [0.4, 0.5) is 10.1 Å². The molecule has 1 aromatic heterocycles. The van der Waals surface area contributed by atoms with E-state index in [0.29, 0.717) is 18.7 Å². The number of nitrogens with two attached hydrogens (primary N) is 1. The summed E-state index contributed by atoms with van der Waals surface area (Å²) in [7, 11) is -3.91. The van der Waals surface area contributed by atoms with Gasteiger partial charge >= 0.3 is 0 Å². The van der Waals surface area contributed by atoms with Gasteiger partial charge in [0, 0.05) is 18.7 Å². The van der Waals surface area contributed by atoms with Crippen LogP contribution in [0.1, 0.15) is 12.2 Å². The summed E-state index contributed by atoms with van der Waals surface area (Å²) in [6.45, 7) is 0.164. The summed E-state index contributed by atoms with van der Waals surface area (Å²) in [5.74, 6) is -0.165. The molecule has 7 nitrogen and oxygen atoms in total. The maximum Gasteiger partial charge on any atom is 0.243 e. The topological polar surface area (TPSA) is 114 Å². The van der Waals surface area contributed by atoms with Crippen LogP contribution in [0.3, 0.4) is 0 Å². The van der Waals surface area contributed by atoms with Crippen LogP contribution >= 0.6 is 0 Å². The number of hydrogen-bond donors (Lipinski definition) is 3. The van der Waals surface area contributed by atoms with Gasteiger partial charge in [-0.2, -0.15) is 5.10 Å². The Morgan fingerprint density at radius 1 is 1.40 bits per heavy atom. The number of sulfonamides is 1. The Morgan fingerprint density at radius 3 is 2.90 bits per heavy atom. The number of H-pyrrole nitrogens is 1. The number of rotatable bonds is 6. The van der Waals surface area contributed by atoms with Crippen LogP contribution in [0.25, 0.3) is 0 Å². The van der Waals surface area contributed by atoms with Gasteiger partial charge in [0.1, 0.15) is 22.9 Å². The summed E-state index contributed by atoms with van der Waals surface area (Å²) in [5.41, 5.74) is 5.65. The molecule has 0 unspecified atom stereocenters. The van der Waals surface area contributed by atoms with Gasteiger partial charge in [0.2, 0.25) is 10.0 Å². The molecule has 1 heterocycles. The number of halogens is 1. The molecule has 4 N–H and O–H groups in total. The predicted octanol–water partition coefficient (Wildman–Crippen LogP) is 0.437. The number of nitrogen functional groups attached to an aromatic ring is 1. The third kappa shape index (κ3) is 3.52. The zero-order valence-corrected chi connectivity index (χ0v) is 11.3. The number of aromatic amines is 1. The van der Waals surface area contributed by atoms with E-state index in [1.54, 1.807) is 0 Å². The maximum absolute atomic E-state index is 13.5. The smallest absolute Gasteiger partial charge is 0.243 e. The molecule has 0 fully saturated rings. The van der Waals surface area contributed by atoms with Crippen molar-refractivity contribution in [1.29, 1.82) is 0 Å². The number of aryl methyl sites for hydroxylation is 1.